The summed E-state index contributed by atoms with van der Waals surface area (Å²) in [5, 5.41) is 6.56. The number of anilines is 2. The normalized spacial score (nSPS) is 20.1. The molecule has 1 amide bonds. The largest absolute Gasteiger partial charge is 0.384 e. The first-order valence-corrected chi connectivity index (χ1v) is 8.95. The zero-order chi connectivity index (χ0) is 17.6. The van der Waals surface area contributed by atoms with E-state index < -0.39 is 0 Å². The quantitative estimate of drug-likeness (QED) is 0.845. The number of hydrogen-bond donors (Lipinski definition) is 2. The lowest BCUT2D eigenvalue weighted by Gasteiger charge is -2.28. The summed E-state index contributed by atoms with van der Waals surface area (Å²) in [4.78, 5) is 12.4. The summed E-state index contributed by atoms with van der Waals surface area (Å²) < 4.78 is 5.61. The van der Waals surface area contributed by atoms with Crippen LogP contribution in [0.3, 0.4) is 0 Å². The van der Waals surface area contributed by atoms with Crippen molar-refractivity contribution >= 4 is 17.3 Å². The Hall–Kier alpha value is -2.33. The van der Waals surface area contributed by atoms with Crippen molar-refractivity contribution in [2.24, 2.45) is 5.92 Å². The molecule has 0 unspecified atom stereocenters. The van der Waals surface area contributed by atoms with Gasteiger partial charge in [0, 0.05) is 30.1 Å². The Morgan fingerprint density at radius 3 is 2.64 bits per heavy atom. The van der Waals surface area contributed by atoms with Crippen molar-refractivity contribution in [3.63, 3.8) is 0 Å². The van der Waals surface area contributed by atoms with E-state index in [1.54, 1.807) is 0 Å². The highest BCUT2D eigenvalue weighted by molar-refractivity contribution is 6.04. The fourth-order valence-corrected chi connectivity index (χ4v) is 3.28. The van der Waals surface area contributed by atoms with Gasteiger partial charge >= 0.3 is 0 Å². The third-order valence-electron chi connectivity index (χ3n) is 4.79. The first kappa shape index (κ1) is 17.5. The zero-order valence-electron chi connectivity index (χ0n) is 14.9. The lowest BCUT2D eigenvalue weighted by Crippen LogP contribution is -2.27. The molecule has 0 aromatic heterocycles. The summed E-state index contributed by atoms with van der Waals surface area (Å²) in [6.07, 6.45) is 2.54. The number of amides is 1. The summed E-state index contributed by atoms with van der Waals surface area (Å²) in [5.41, 5.74) is 3.65. The van der Waals surface area contributed by atoms with E-state index in [0.29, 0.717) is 17.6 Å². The summed E-state index contributed by atoms with van der Waals surface area (Å²) in [6, 6.07) is 15.3. The Kier molecular flexibility index (Phi) is 5.71. The molecule has 1 aliphatic heterocycles. The highest BCUT2D eigenvalue weighted by Crippen LogP contribution is 2.26. The van der Waals surface area contributed by atoms with E-state index in [-0.39, 0.29) is 5.91 Å². The number of benzene rings is 2. The highest BCUT2D eigenvalue weighted by atomic mass is 16.5. The zero-order valence-corrected chi connectivity index (χ0v) is 14.9. The van der Waals surface area contributed by atoms with Gasteiger partial charge in [-0.05, 0) is 62.4 Å². The average molecular weight is 338 g/mol. The van der Waals surface area contributed by atoms with E-state index in [1.165, 1.54) is 0 Å². The minimum Gasteiger partial charge on any atom is -0.384 e. The molecular weight excluding hydrogens is 312 g/mol. The number of carbonyl (C=O) groups excluding carboxylic acids is 1. The molecule has 25 heavy (non-hydrogen) atoms. The highest BCUT2D eigenvalue weighted by Gasteiger charge is 2.19. The molecule has 1 aliphatic rings. The molecule has 2 atom stereocenters. The second-order valence-corrected chi connectivity index (χ2v) is 6.75. The van der Waals surface area contributed by atoms with Crippen LogP contribution >= 0.6 is 0 Å². The van der Waals surface area contributed by atoms with Crippen LogP contribution in [0.25, 0.3) is 0 Å². The van der Waals surface area contributed by atoms with Gasteiger partial charge in [-0.25, -0.2) is 0 Å². The van der Waals surface area contributed by atoms with Crippen LogP contribution in [0.5, 0.6) is 0 Å². The molecule has 4 nitrogen and oxygen atoms in total. The molecule has 1 fully saturated rings. The molecular formula is C21H26N2O2. The Morgan fingerprint density at radius 1 is 1.12 bits per heavy atom. The van der Waals surface area contributed by atoms with E-state index in [0.717, 1.165) is 42.9 Å². The van der Waals surface area contributed by atoms with Crippen molar-refractivity contribution in [2.75, 3.05) is 23.8 Å². The fourth-order valence-electron chi connectivity index (χ4n) is 3.28. The van der Waals surface area contributed by atoms with Crippen LogP contribution in [-0.4, -0.2) is 25.2 Å². The Bertz CT molecular complexity index is 715. The molecule has 3 rings (SSSR count). The first-order chi connectivity index (χ1) is 12.1. The maximum atomic E-state index is 12.4. The second-order valence-electron chi connectivity index (χ2n) is 6.75. The van der Waals surface area contributed by atoms with Gasteiger partial charge in [-0.15, -0.1) is 0 Å². The number of ether oxygens (including phenoxy) is 1. The Balaban J connectivity index is 1.64. The van der Waals surface area contributed by atoms with Gasteiger partial charge in [0.15, 0.2) is 0 Å². The molecule has 1 heterocycles. The van der Waals surface area contributed by atoms with Crippen molar-refractivity contribution in [2.45, 2.75) is 32.8 Å². The molecule has 132 valence electrons. The molecule has 0 spiro atoms. The molecule has 0 radical (unpaired) electrons. The standard InChI is InChI=1S/C21H26N2O2/c1-15-13-17(11-12-25-15)14-22-19-9-6-10-20(16(19)2)23-21(24)18-7-4-3-5-8-18/h3-10,15,17,22H,11-14H2,1-2H3,(H,23,24)/t15-,17+/m1/s1. The van der Waals surface area contributed by atoms with E-state index >= 15 is 0 Å². The van der Waals surface area contributed by atoms with E-state index in [9.17, 15) is 4.79 Å². The molecule has 1 saturated heterocycles. The van der Waals surface area contributed by atoms with Gasteiger partial charge in [0.05, 0.1) is 6.10 Å². The van der Waals surface area contributed by atoms with Gasteiger partial charge in [0.25, 0.3) is 5.91 Å². The van der Waals surface area contributed by atoms with E-state index in [2.05, 4.69) is 23.6 Å². The van der Waals surface area contributed by atoms with Gasteiger partial charge < -0.3 is 15.4 Å². The summed E-state index contributed by atoms with van der Waals surface area (Å²) in [6.45, 7) is 5.96. The lowest BCUT2D eigenvalue weighted by molar-refractivity contribution is 0.00558. The minimum absolute atomic E-state index is 0.0842. The van der Waals surface area contributed by atoms with Crippen molar-refractivity contribution in [3.05, 3.63) is 59.7 Å². The lowest BCUT2D eigenvalue weighted by atomic mass is 9.96. The van der Waals surface area contributed by atoms with Crippen molar-refractivity contribution in [3.8, 4) is 0 Å². The fraction of sp³-hybridized carbons (Fsp3) is 0.381. The number of rotatable bonds is 5. The third-order valence-corrected chi connectivity index (χ3v) is 4.79. The average Bonchev–Trinajstić information content (AvgIpc) is 2.63. The monoisotopic (exact) mass is 338 g/mol. The third kappa shape index (κ3) is 4.60. The van der Waals surface area contributed by atoms with Crippen molar-refractivity contribution in [1.29, 1.82) is 0 Å². The van der Waals surface area contributed by atoms with Gasteiger partial charge in [0.1, 0.15) is 0 Å². The molecule has 0 aliphatic carbocycles. The summed E-state index contributed by atoms with van der Waals surface area (Å²) >= 11 is 0. The van der Waals surface area contributed by atoms with Gasteiger partial charge in [-0.3, -0.25) is 4.79 Å². The number of carbonyl (C=O) groups is 1. The Labute approximate surface area is 149 Å². The summed E-state index contributed by atoms with van der Waals surface area (Å²) in [5.74, 6) is 0.546. The van der Waals surface area contributed by atoms with Crippen LogP contribution in [0.15, 0.2) is 48.5 Å². The van der Waals surface area contributed by atoms with E-state index in [1.807, 2.05) is 49.4 Å². The predicted molar refractivity (Wildman–Crippen MR) is 102 cm³/mol. The molecule has 2 N–H and O–H groups in total. The van der Waals surface area contributed by atoms with Gasteiger partial charge in [0.2, 0.25) is 0 Å². The van der Waals surface area contributed by atoms with Crippen LogP contribution < -0.4 is 10.6 Å². The van der Waals surface area contributed by atoms with Crippen molar-refractivity contribution < 1.29 is 9.53 Å². The smallest absolute Gasteiger partial charge is 0.255 e. The molecule has 0 bridgehead atoms. The predicted octanol–water partition coefficient (Wildman–Crippen LogP) is 4.47. The van der Waals surface area contributed by atoms with Crippen LogP contribution in [-0.2, 0) is 4.74 Å². The maximum Gasteiger partial charge on any atom is 0.255 e. The summed E-state index contributed by atoms with van der Waals surface area (Å²) in [7, 11) is 0. The van der Waals surface area contributed by atoms with Crippen molar-refractivity contribution in [1.82, 2.24) is 0 Å². The van der Waals surface area contributed by atoms with Crippen LogP contribution in [0.2, 0.25) is 0 Å². The van der Waals surface area contributed by atoms with Gasteiger partial charge in [-0.2, -0.15) is 0 Å². The minimum atomic E-state index is -0.0842. The molecule has 2 aromatic carbocycles. The molecule has 2 aromatic rings. The van der Waals surface area contributed by atoms with Crippen LogP contribution in [0.4, 0.5) is 11.4 Å². The first-order valence-electron chi connectivity index (χ1n) is 8.95. The maximum absolute atomic E-state index is 12.4. The number of nitrogens with one attached hydrogen (secondary N) is 2. The Morgan fingerprint density at radius 2 is 1.88 bits per heavy atom. The van der Waals surface area contributed by atoms with Crippen LogP contribution in [0.1, 0.15) is 35.7 Å². The van der Waals surface area contributed by atoms with Crippen LogP contribution in [0, 0.1) is 12.8 Å². The SMILES string of the molecule is Cc1c(NC[C@H]2CCO[C@H](C)C2)cccc1NC(=O)c1ccccc1. The number of hydrogen-bond acceptors (Lipinski definition) is 3. The molecule has 0 saturated carbocycles. The van der Waals surface area contributed by atoms with E-state index in [4.69, 9.17) is 4.74 Å². The topological polar surface area (TPSA) is 50.4 Å². The molecule has 4 heteroatoms. The van der Waals surface area contributed by atoms with Gasteiger partial charge in [-0.1, -0.05) is 24.3 Å². The second kappa shape index (κ2) is 8.17.